The quantitative estimate of drug-likeness (QED) is 0.781. The number of rotatable bonds is 2. The Hall–Kier alpha value is -0.0800. The molecule has 1 aliphatic carbocycles. The van der Waals surface area contributed by atoms with E-state index in [0.717, 1.165) is 30.5 Å². The molecule has 2 nitrogen and oxygen atoms in total. The summed E-state index contributed by atoms with van der Waals surface area (Å²) in [5.41, 5.74) is 5.95. The molecule has 2 N–H and O–H groups in total. The number of nitrogens with two attached hydrogens (primary N) is 1. The summed E-state index contributed by atoms with van der Waals surface area (Å²) in [5.74, 6) is 1.69. The smallest absolute Gasteiger partial charge is 0.0138 e. The highest BCUT2D eigenvalue weighted by Gasteiger charge is 2.34. The third kappa shape index (κ3) is 2.60. The van der Waals surface area contributed by atoms with Crippen molar-refractivity contribution >= 4 is 0 Å². The Kier molecular flexibility index (Phi) is 4.26. The van der Waals surface area contributed by atoms with Gasteiger partial charge in [-0.3, -0.25) is 4.90 Å². The summed E-state index contributed by atoms with van der Waals surface area (Å²) in [5, 5.41) is 0. The lowest BCUT2D eigenvalue weighted by Gasteiger charge is -2.46. The van der Waals surface area contributed by atoms with E-state index >= 15 is 0 Å². The fourth-order valence-corrected chi connectivity index (χ4v) is 3.82. The highest BCUT2D eigenvalue weighted by Crippen LogP contribution is 2.33. The second-order valence-corrected chi connectivity index (χ2v) is 6.06. The minimum Gasteiger partial charge on any atom is -0.330 e. The van der Waals surface area contributed by atoms with Gasteiger partial charge in [-0.25, -0.2) is 0 Å². The summed E-state index contributed by atoms with van der Waals surface area (Å²) in [6, 6.07) is 1.57. The lowest BCUT2D eigenvalue weighted by atomic mass is 9.81. The molecule has 4 atom stereocenters. The van der Waals surface area contributed by atoms with Gasteiger partial charge in [0.05, 0.1) is 0 Å². The largest absolute Gasteiger partial charge is 0.330 e. The first kappa shape index (κ1) is 12.4. The van der Waals surface area contributed by atoms with Gasteiger partial charge in [0.2, 0.25) is 0 Å². The zero-order valence-corrected chi connectivity index (χ0v) is 11.0. The molecule has 2 rings (SSSR count). The molecule has 1 saturated carbocycles. The first-order valence-corrected chi connectivity index (χ1v) is 7.18. The molecule has 1 heterocycles. The average molecular weight is 224 g/mol. The van der Waals surface area contributed by atoms with Crippen LogP contribution in [0.1, 0.15) is 52.4 Å². The Bertz CT molecular complexity index is 217. The monoisotopic (exact) mass is 224 g/mol. The highest BCUT2D eigenvalue weighted by atomic mass is 15.2. The molecule has 4 unspecified atom stereocenters. The minimum atomic E-state index is 0.768. The number of hydrogen-bond donors (Lipinski definition) is 1. The maximum Gasteiger partial charge on any atom is 0.0138 e. The molecule has 0 amide bonds. The molecule has 1 aliphatic heterocycles. The van der Waals surface area contributed by atoms with Gasteiger partial charge >= 0.3 is 0 Å². The van der Waals surface area contributed by atoms with Crippen LogP contribution in [-0.4, -0.2) is 30.1 Å². The van der Waals surface area contributed by atoms with E-state index in [1.54, 1.807) is 0 Å². The fraction of sp³-hybridized carbons (Fsp3) is 1.00. The van der Waals surface area contributed by atoms with Crippen LogP contribution in [0.2, 0.25) is 0 Å². The molecule has 0 aromatic rings. The van der Waals surface area contributed by atoms with Crippen molar-refractivity contribution in [3.63, 3.8) is 0 Å². The highest BCUT2D eigenvalue weighted by molar-refractivity contribution is 4.89. The topological polar surface area (TPSA) is 29.3 Å². The molecular formula is C14H28N2. The number of piperidine rings is 1. The number of hydrogen-bond acceptors (Lipinski definition) is 2. The van der Waals surface area contributed by atoms with Crippen LogP contribution >= 0.6 is 0 Å². The Balaban J connectivity index is 1.98. The predicted octanol–water partition coefficient (Wildman–Crippen LogP) is 2.62. The SMILES string of the molecule is CC1CCN(C2CCCCC2CN)C(C)C1. The van der Waals surface area contributed by atoms with Crippen LogP contribution in [0.5, 0.6) is 0 Å². The zero-order chi connectivity index (χ0) is 11.5. The van der Waals surface area contributed by atoms with Crippen molar-refractivity contribution in [2.75, 3.05) is 13.1 Å². The Morgan fingerprint density at radius 1 is 1.12 bits per heavy atom. The van der Waals surface area contributed by atoms with Crippen molar-refractivity contribution in [1.29, 1.82) is 0 Å². The maximum absolute atomic E-state index is 5.95. The third-order valence-corrected chi connectivity index (χ3v) is 4.79. The Morgan fingerprint density at radius 2 is 1.88 bits per heavy atom. The van der Waals surface area contributed by atoms with Gasteiger partial charge in [0, 0.05) is 12.1 Å². The molecular weight excluding hydrogens is 196 g/mol. The standard InChI is InChI=1S/C14H28N2/c1-11-7-8-16(12(2)9-11)14-6-4-3-5-13(14)10-15/h11-14H,3-10,15H2,1-2H3. The van der Waals surface area contributed by atoms with Crippen molar-refractivity contribution in [2.45, 2.75) is 64.5 Å². The number of nitrogens with zero attached hydrogens (tertiary/aromatic N) is 1. The van der Waals surface area contributed by atoms with Crippen LogP contribution in [0.25, 0.3) is 0 Å². The lowest BCUT2D eigenvalue weighted by Crippen LogP contribution is -2.52. The summed E-state index contributed by atoms with van der Waals surface area (Å²) in [4.78, 5) is 2.77. The zero-order valence-electron chi connectivity index (χ0n) is 11.0. The van der Waals surface area contributed by atoms with Gasteiger partial charge in [-0.1, -0.05) is 19.8 Å². The summed E-state index contributed by atoms with van der Waals surface area (Å²) in [7, 11) is 0. The molecule has 2 aliphatic rings. The van der Waals surface area contributed by atoms with Gasteiger partial charge in [0.1, 0.15) is 0 Å². The molecule has 94 valence electrons. The molecule has 1 saturated heterocycles. The molecule has 2 fully saturated rings. The molecule has 0 bridgehead atoms. The molecule has 0 aromatic carbocycles. The van der Waals surface area contributed by atoms with Gasteiger partial charge in [0.25, 0.3) is 0 Å². The summed E-state index contributed by atoms with van der Waals surface area (Å²) in [6.07, 6.45) is 8.34. The van der Waals surface area contributed by atoms with Crippen LogP contribution in [0.3, 0.4) is 0 Å². The van der Waals surface area contributed by atoms with Crippen LogP contribution < -0.4 is 5.73 Å². The summed E-state index contributed by atoms with van der Waals surface area (Å²) in [6.45, 7) is 7.01. The van der Waals surface area contributed by atoms with Crippen molar-refractivity contribution < 1.29 is 0 Å². The van der Waals surface area contributed by atoms with Crippen molar-refractivity contribution in [1.82, 2.24) is 4.90 Å². The minimum absolute atomic E-state index is 0.768. The van der Waals surface area contributed by atoms with E-state index in [9.17, 15) is 0 Å². The van der Waals surface area contributed by atoms with Crippen LogP contribution in [-0.2, 0) is 0 Å². The van der Waals surface area contributed by atoms with Crippen molar-refractivity contribution in [3.8, 4) is 0 Å². The molecule has 0 spiro atoms. The van der Waals surface area contributed by atoms with E-state index in [4.69, 9.17) is 5.73 Å². The van der Waals surface area contributed by atoms with Gasteiger partial charge in [-0.05, 0) is 57.5 Å². The van der Waals surface area contributed by atoms with Gasteiger partial charge in [0.15, 0.2) is 0 Å². The molecule has 0 aromatic heterocycles. The van der Waals surface area contributed by atoms with Crippen LogP contribution in [0.4, 0.5) is 0 Å². The van der Waals surface area contributed by atoms with E-state index in [2.05, 4.69) is 18.7 Å². The first-order valence-electron chi connectivity index (χ1n) is 7.18. The van der Waals surface area contributed by atoms with Crippen molar-refractivity contribution in [2.24, 2.45) is 17.6 Å². The first-order chi connectivity index (χ1) is 7.72. The average Bonchev–Trinajstić information content (AvgIpc) is 2.29. The van der Waals surface area contributed by atoms with Gasteiger partial charge in [-0.2, -0.15) is 0 Å². The second-order valence-electron chi connectivity index (χ2n) is 6.06. The molecule has 16 heavy (non-hydrogen) atoms. The van der Waals surface area contributed by atoms with E-state index in [0.29, 0.717) is 0 Å². The van der Waals surface area contributed by atoms with Crippen LogP contribution in [0.15, 0.2) is 0 Å². The Labute approximate surface area is 101 Å². The third-order valence-electron chi connectivity index (χ3n) is 4.79. The van der Waals surface area contributed by atoms with Gasteiger partial charge in [-0.15, -0.1) is 0 Å². The normalized spacial score (nSPS) is 42.2. The van der Waals surface area contributed by atoms with E-state index in [1.807, 2.05) is 0 Å². The lowest BCUT2D eigenvalue weighted by molar-refractivity contribution is 0.0336. The summed E-state index contributed by atoms with van der Waals surface area (Å²) >= 11 is 0. The second kappa shape index (κ2) is 5.50. The Morgan fingerprint density at radius 3 is 2.56 bits per heavy atom. The predicted molar refractivity (Wildman–Crippen MR) is 69.4 cm³/mol. The summed E-state index contributed by atoms with van der Waals surface area (Å²) < 4.78 is 0. The number of likely N-dealkylation sites (tertiary alicyclic amines) is 1. The maximum atomic E-state index is 5.95. The van der Waals surface area contributed by atoms with E-state index in [1.165, 1.54) is 45.1 Å². The van der Waals surface area contributed by atoms with E-state index in [-0.39, 0.29) is 0 Å². The molecule has 0 radical (unpaired) electrons. The van der Waals surface area contributed by atoms with Gasteiger partial charge < -0.3 is 5.73 Å². The fourth-order valence-electron chi connectivity index (χ4n) is 3.82. The van der Waals surface area contributed by atoms with E-state index < -0.39 is 0 Å². The van der Waals surface area contributed by atoms with Crippen LogP contribution in [0, 0.1) is 11.8 Å². The van der Waals surface area contributed by atoms with Crippen molar-refractivity contribution in [3.05, 3.63) is 0 Å². The molecule has 2 heteroatoms.